The van der Waals surface area contributed by atoms with Crippen LogP contribution in [0.2, 0.25) is 0 Å². The fourth-order valence-corrected chi connectivity index (χ4v) is 3.53. The van der Waals surface area contributed by atoms with E-state index in [2.05, 4.69) is 0 Å². The van der Waals surface area contributed by atoms with Crippen molar-refractivity contribution in [1.29, 1.82) is 0 Å². The Morgan fingerprint density at radius 2 is 1.88 bits per heavy atom. The lowest BCUT2D eigenvalue weighted by Crippen LogP contribution is -2.52. The molecule has 24 heavy (non-hydrogen) atoms. The molecule has 1 spiro atoms. The van der Waals surface area contributed by atoms with E-state index in [0.29, 0.717) is 13.2 Å². The van der Waals surface area contributed by atoms with Gasteiger partial charge in [-0.15, -0.1) is 0 Å². The molecule has 1 aromatic carbocycles. The zero-order valence-electron chi connectivity index (χ0n) is 13.2. The third-order valence-corrected chi connectivity index (χ3v) is 5.00. The van der Waals surface area contributed by atoms with Crippen LogP contribution >= 0.6 is 0 Å². The predicted octanol–water partition coefficient (Wildman–Crippen LogP) is 2.23. The lowest BCUT2D eigenvalue weighted by Gasteiger charge is -2.39. The van der Waals surface area contributed by atoms with Crippen molar-refractivity contribution < 1.29 is 28.6 Å². The highest BCUT2D eigenvalue weighted by atomic mass is 19.1. The molecule has 1 amide bonds. The normalized spacial score (nSPS) is 25.6. The summed E-state index contributed by atoms with van der Waals surface area (Å²) in [6.07, 6.45) is -0.137. The van der Waals surface area contributed by atoms with E-state index in [1.165, 1.54) is 4.90 Å². The first-order chi connectivity index (χ1) is 11.5. The lowest BCUT2D eigenvalue weighted by molar-refractivity contribution is -0.162. The third kappa shape index (κ3) is 2.84. The number of hydrogen-bond acceptors (Lipinski definition) is 4. The van der Waals surface area contributed by atoms with Crippen molar-refractivity contribution in [3.05, 3.63) is 35.9 Å². The van der Waals surface area contributed by atoms with Gasteiger partial charge < -0.3 is 19.5 Å². The SMILES string of the molecule is O=C(OCc1ccccc1)N1CC2(CCOCC2)C(F)(C(=O)O)C1. The maximum atomic E-state index is 15.2. The van der Waals surface area contributed by atoms with Gasteiger partial charge in [-0.3, -0.25) is 0 Å². The molecule has 2 fully saturated rings. The van der Waals surface area contributed by atoms with Crippen LogP contribution < -0.4 is 0 Å². The number of aliphatic carboxylic acids is 1. The number of halogens is 1. The van der Waals surface area contributed by atoms with E-state index >= 15 is 4.39 Å². The molecule has 1 atom stereocenters. The summed E-state index contributed by atoms with van der Waals surface area (Å²) in [5.41, 5.74) is -2.76. The molecule has 3 rings (SSSR count). The van der Waals surface area contributed by atoms with Crippen LogP contribution in [0.3, 0.4) is 0 Å². The molecule has 0 saturated carbocycles. The van der Waals surface area contributed by atoms with Crippen LogP contribution in [0.4, 0.5) is 9.18 Å². The molecule has 7 heteroatoms. The Hall–Kier alpha value is -2.15. The van der Waals surface area contributed by atoms with Crippen LogP contribution in [0.25, 0.3) is 0 Å². The second-order valence-electron chi connectivity index (χ2n) is 6.40. The molecule has 0 aromatic heterocycles. The van der Waals surface area contributed by atoms with Crippen LogP contribution in [0.15, 0.2) is 30.3 Å². The molecule has 0 bridgehead atoms. The number of ether oxygens (including phenoxy) is 2. The maximum Gasteiger partial charge on any atom is 0.410 e. The molecular weight excluding hydrogens is 317 g/mol. The van der Waals surface area contributed by atoms with Crippen LogP contribution in [-0.2, 0) is 20.9 Å². The number of nitrogens with zero attached hydrogens (tertiary/aromatic N) is 1. The van der Waals surface area contributed by atoms with Gasteiger partial charge in [0.15, 0.2) is 0 Å². The van der Waals surface area contributed by atoms with Gasteiger partial charge in [0.2, 0.25) is 5.67 Å². The van der Waals surface area contributed by atoms with E-state index in [-0.39, 0.29) is 26.0 Å². The van der Waals surface area contributed by atoms with E-state index in [4.69, 9.17) is 9.47 Å². The van der Waals surface area contributed by atoms with Gasteiger partial charge >= 0.3 is 12.1 Å². The molecule has 0 radical (unpaired) electrons. The van der Waals surface area contributed by atoms with Crippen molar-refractivity contribution in [3.63, 3.8) is 0 Å². The summed E-state index contributed by atoms with van der Waals surface area (Å²) in [6, 6.07) is 9.13. The highest BCUT2D eigenvalue weighted by Crippen LogP contribution is 2.49. The first-order valence-electron chi connectivity index (χ1n) is 7.93. The highest BCUT2D eigenvalue weighted by Gasteiger charge is 2.65. The van der Waals surface area contributed by atoms with Crippen molar-refractivity contribution in [1.82, 2.24) is 4.90 Å². The van der Waals surface area contributed by atoms with Crippen molar-refractivity contribution in [2.24, 2.45) is 5.41 Å². The summed E-state index contributed by atoms with van der Waals surface area (Å²) in [5.74, 6) is -1.53. The zero-order chi connectivity index (χ0) is 17.2. The van der Waals surface area contributed by atoms with Crippen LogP contribution in [0.1, 0.15) is 18.4 Å². The summed E-state index contributed by atoms with van der Waals surface area (Å²) in [5, 5.41) is 9.40. The average Bonchev–Trinajstić information content (AvgIpc) is 2.88. The lowest BCUT2D eigenvalue weighted by atomic mass is 9.70. The van der Waals surface area contributed by atoms with Gasteiger partial charge in [0.1, 0.15) is 6.61 Å². The number of alkyl halides is 1. The number of rotatable bonds is 3. The molecule has 2 heterocycles. The van der Waals surface area contributed by atoms with E-state index in [0.717, 1.165) is 5.56 Å². The number of carbonyl (C=O) groups excluding carboxylic acids is 1. The minimum atomic E-state index is -2.47. The number of likely N-dealkylation sites (tertiary alicyclic amines) is 1. The first kappa shape index (κ1) is 16.7. The van der Waals surface area contributed by atoms with Gasteiger partial charge in [-0.2, -0.15) is 0 Å². The summed E-state index contributed by atoms with van der Waals surface area (Å²) in [7, 11) is 0. The molecule has 2 saturated heterocycles. The molecule has 0 aliphatic carbocycles. The number of carboxylic acids is 1. The molecule has 2 aliphatic rings. The van der Waals surface area contributed by atoms with Crippen molar-refractivity contribution >= 4 is 12.1 Å². The smallest absolute Gasteiger partial charge is 0.410 e. The van der Waals surface area contributed by atoms with Crippen molar-refractivity contribution in [2.75, 3.05) is 26.3 Å². The number of carbonyl (C=O) groups is 2. The van der Waals surface area contributed by atoms with Crippen molar-refractivity contribution in [3.8, 4) is 0 Å². The monoisotopic (exact) mass is 337 g/mol. The minimum Gasteiger partial charge on any atom is -0.479 e. The maximum absolute atomic E-state index is 15.2. The predicted molar refractivity (Wildman–Crippen MR) is 82.2 cm³/mol. The Labute approximate surface area is 139 Å². The van der Waals surface area contributed by atoms with Gasteiger partial charge in [0.25, 0.3) is 0 Å². The molecule has 1 unspecified atom stereocenters. The summed E-state index contributed by atoms with van der Waals surface area (Å²) in [4.78, 5) is 25.0. The van der Waals surface area contributed by atoms with Gasteiger partial charge in [0, 0.05) is 25.2 Å². The second-order valence-corrected chi connectivity index (χ2v) is 6.40. The van der Waals surface area contributed by atoms with Gasteiger partial charge in [0.05, 0.1) is 6.54 Å². The molecular formula is C17H20FNO5. The summed E-state index contributed by atoms with van der Waals surface area (Å²) in [6.45, 7) is 0.207. The zero-order valence-corrected chi connectivity index (χ0v) is 13.2. The van der Waals surface area contributed by atoms with Gasteiger partial charge in [-0.05, 0) is 18.4 Å². The number of amides is 1. The molecule has 130 valence electrons. The third-order valence-electron chi connectivity index (χ3n) is 5.00. The van der Waals surface area contributed by atoms with E-state index < -0.39 is 29.7 Å². The Balaban J connectivity index is 1.70. The Morgan fingerprint density at radius 3 is 2.50 bits per heavy atom. The van der Waals surface area contributed by atoms with Crippen molar-refractivity contribution in [2.45, 2.75) is 25.1 Å². The standard InChI is InChI=1S/C17H20FNO5/c18-17(14(20)21)12-19(11-16(17)6-8-23-9-7-16)15(22)24-10-13-4-2-1-3-5-13/h1-5H,6-12H2,(H,20,21). The molecule has 1 N–H and O–H groups in total. The summed E-state index contributed by atoms with van der Waals surface area (Å²) < 4.78 is 25.7. The topological polar surface area (TPSA) is 76.1 Å². The number of hydrogen-bond donors (Lipinski definition) is 1. The van der Waals surface area contributed by atoms with Crippen LogP contribution in [-0.4, -0.2) is 54.0 Å². The van der Waals surface area contributed by atoms with E-state index in [9.17, 15) is 14.7 Å². The molecule has 1 aromatic rings. The van der Waals surface area contributed by atoms with Crippen LogP contribution in [0, 0.1) is 5.41 Å². The second kappa shape index (κ2) is 6.39. The fraction of sp³-hybridized carbons (Fsp3) is 0.529. The Morgan fingerprint density at radius 1 is 1.21 bits per heavy atom. The fourth-order valence-electron chi connectivity index (χ4n) is 3.53. The number of benzene rings is 1. The number of carboxylic acid groups (broad SMARTS) is 1. The van der Waals surface area contributed by atoms with Gasteiger partial charge in [-0.25, -0.2) is 14.0 Å². The van der Waals surface area contributed by atoms with E-state index in [1.807, 2.05) is 30.3 Å². The van der Waals surface area contributed by atoms with E-state index in [1.54, 1.807) is 0 Å². The van der Waals surface area contributed by atoms with Gasteiger partial charge in [-0.1, -0.05) is 30.3 Å². The Kier molecular flexibility index (Phi) is 4.45. The largest absolute Gasteiger partial charge is 0.479 e. The minimum absolute atomic E-state index is 0.0345. The quantitative estimate of drug-likeness (QED) is 0.915. The van der Waals surface area contributed by atoms with Crippen LogP contribution in [0.5, 0.6) is 0 Å². The average molecular weight is 337 g/mol. The molecule has 6 nitrogen and oxygen atoms in total. The Bertz CT molecular complexity index is 617. The highest BCUT2D eigenvalue weighted by molar-refractivity contribution is 5.82. The summed E-state index contributed by atoms with van der Waals surface area (Å²) >= 11 is 0. The molecule has 2 aliphatic heterocycles. The first-order valence-corrected chi connectivity index (χ1v) is 7.93.